The van der Waals surface area contributed by atoms with Gasteiger partial charge in [0, 0.05) is 19.3 Å². The number of allylic oxidation sites excluding steroid dienone is 16. The zero-order chi connectivity index (χ0) is 43.5. The van der Waals surface area contributed by atoms with E-state index < -0.39 is 18.1 Å². The average molecular weight is 822 g/mol. The van der Waals surface area contributed by atoms with E-state index in [9.17, 15) is 19.5 Å². The molecule has 0 aliphatic carbocycles. The first-order valence-corrected chi connectivity index (χ1v) is 22.9. The van der Waals surface area contributed by atoms with Gasteiger partial charge in [-0.2, -0.15) is 0 Å². The molecule has 2 atom stereocenters. The lowest BCUT2D eigenvalue weighted by molar-refractivity contribution is -0.889. The van der Waals surface area contributed by atoms with Gasteiger partial charge >= 0.3 is 11.9 Å². The maximum absolute atomic E-state index is 12.7. The zero-order valence-electron chi connectivity index (χ0n) is 37.9. The van der Waals surface area contributed by atoms with Crippen LogP contribution in [0, 0.1) is 0 Å². The number of ether oxygens (including phenoxy) is 3. The Labute approximate surface area is 360 Å². The summed E-state index contributed by atoms with van der Waals surface area (Å²) in [7, 11) is 5.37. The Bertz CT molecular complexity index is 1280. The highest BCUT2D eigenvalue weighted by atomic mass is 16.6. The number of carbonyl (C=O) groups excluding carboxylic acids is 3. The lowest BCUT2D eigenvalue weighted by Gasteiger charge is -2.34. The maximum Gasteiger partial charge on any atom is 0.306 e. The molecule has 0 N–H and O–H groups in total. The van der Waals surface area contributed by atoms with Crippen molar-refractivity contribution in [1.29, 1.82) is 0 Å². The Morgan fingerprint density at radius 2 is 0.949 bits per heavy atom. The highest BCUT2D eigenvalue weighted by Gasteiger charge is 2.25. The van der Waals surface area contributed by atoms with Gasteiger partial charge in [-0.3, -0.25) is 9.59 Å². The normalized spacial score (nSPS) is 13.8. The summed E-state index contributed by atoms with van der Waals surface area (Å²) in [4.78, 5) is 36.9. The summed E-state index contributed by atoms with van der Waals surface area (Å²) in [5, 5.41) is 11.6. The van der Waals surface area contributed by atoms with Crippen LogP contribution in [0.1, 0.15) is 155 Å². The lowest BCUT2D eigenvalue weighted by atomic mass is 10.1. The first-order valence-electron chi connectivity index (χ1n) is 22.9. The standard InChI is InChI=1S/C51H83NO7/c1-6-8-10-12-14-16-18-20-22-24-26-27-29-31-33-35-37-39-41-49(53)58-46-47(45-57-44-43-48(51(55)56)52(3,4)5)59-50(54)42-40-38-36-34-32-30-28-25-23-21-19-17-15-13-11-9-7-2/h9,11,13,15,17,19,21-28,30,32,47-48H,6-8,10,12,14,16,18,20,29,31,33-46H2,1-5H3/b11-9+,15-13+,19-17+,23-21+,24-22+,27-26+,28-25+,32-30+. The Morgan fingerprint density at radius 1 is 0.525 bits per heavy atom. The van der Waals surface area contributed by atoms with Gasteiger partial charge in [-0.05, 0) is 57.8 Å². The van der Waals surface area contributed by atoms with Gasteiger partial charge in [0.1, 0.15) is 12.6 Å². The van der Waals surface area contributed by atoms with Crippen molar-refractivity contribution in [3.63, 3.8) is 0 Å². The Balaban J connectivity index is 4.47. The van der Waals surface area contributed by atoms with Gasteiger partial charge in [0.05, 0.1) is 40.3 Å². The summed E-state index contributed by atoms with van der Waals surface area (Å²) in [6, 6.07) is -0.743. The van der Waals surface area contributed by atoms with Crippen molar-refractivity contribution in [1.82, 2.24) is 0 Å². The highest BCUT2D eigenvalue weighted by Crippen LogP contribution is 2.12. The molecule has 0 amide bonds. The van der Waals surface area contributed by atoms with Gasteiger partial charge in [-0.25, -0.2) is 0 Å². The van der Waals surface area contributed by atoms with Crippen LogP contribution in [0.3, 0.4) is 0 Å². The summed E-state index contributed by atoms with van der Waals surface area (Å²) in [6.07, 6.45) is 54.3. The van der Waals surface area contributed by atoms with E-state index in [2.05, 4.69) is 50.3 Å². The van der Waals surface area contributed by atoms with Crippen LogP contribution < -0.4 is 5.11 Å². The topological polar surface area (TPSA) is 102 Å². The summed E-state index contributed by atoms with van der Waals surface area (Å²) >= 11 is 0. The molecule has 0 aliphatic rings. The van der Waals surface area contributed by atoms with Crippen LogP contribution in [0.15, 0.2) is 97.2 Å². The minimum Gasteiger partial charge on any atom is -0.544 e. The van der Waals surface area contributed by atoms with E-state index in [1.54, 1.807) is 21.1 Å². The second-order valence-electron chi connectivity index (χ2n) is 16.1. The third kappa shape index (κ3) is 39.5. The van der Waals surface area contributed by atoms with Crippen LogP contribution >= 0.6 is 0 Å². The minimum atomic E-state index is -1.14. The third-order valence-corrected chi connectivity index (χ3v) is 9.64. The summed E-state index contributed by atoms with van der Waals surface area (Å²) < 4.78 is 17.1. The molecule has 59 heavy (non-hydrogen) atoms. The molecule has 0 saturated heterocycles. The van der Waals surface area contributed by atoms with E-state index in [4.69, 9.17) is 14.2 Å². The number of nitrogens with zero attached hydrogens (tertiary/aromatic N) is 1. The van der Waals surface area contributed by atoms with Crippen molar-refractivity contribution in [2.45, 2.75) is 167 Å². The minimum absolute atomic E-state index is 0.0108. The number of carbonyl (C=O) groups is 3. The van der Waals surface area contributed by atoms with E-state index in [1.807, 2.05) is 60.8 Å². The number of quaternary nitrogens is 1. The number of rotatable bonds is 39. The maximum atomic E-state index is 12.7. The van der Waals surface area contributed by atoms with Crippen molar-refractivity contribution in [3.05, 3.63) is 97.2 Å². The molecular formula is C51H83NO7. The monoisotopic (exact) mass is 822 g/mol. The Kier molecular flexibility index (Phi) is 38.4. The fourth-order valence-corrected chi connectivity index (χ4v) is 6.09. The first-order chi connectivity index (χ1) is 28.6. The SMILES string of the molecule is CC/C=C/C=C/C=C/C=C/C=C/C=C/CCCCCC(=O)OC(COCCC(C(=O)[O-])[N+](C)(C)C)COC(=O)CCCCCCC/C=C/C=C/CCCCCCCCC. The molecule has 0 aromatic carbocycles. The molecule has 0 aliphatic heterocycles. The molecule has 334 valence electrons. The molecule has 8 nitrogen and oxygen atoms in total. The molecule has 8 heteroatoms. The smallest absolute Gasteiger partial charge is 0.306 e. The third-order valence-electron chi connectivity index (χ3n) is 9.64. The Morgan fingerprint density at radius 3 is 1.44 bits per heavy atom. The lowest BCUT2D eigenvalue weighted by Crippen LogP contribution is -2.55. The number of hydrogen-bond acceptors (Lipinski definition) is 7. The van der Waals surface area contributed by atoms with E-state index in [-0.39, 0.29) is 49.1 Å². The van der Waals surface area contributed by atoms with Crippen molar-refractivity contribution in [3.8, 4) is 0 Å². The zero-order valence-corrected chi connectivity index (χ0v) is 37.9. The molecule has 0 rings (SSSR count). The van der Waals surface area contributed by atoms with Gasteiger partial charge in [0.25, 0.3) is 0 Å². The van der Waals surface area contributed by atoms with Gasteiger partial charge in [-0.1, -0.05) is 175 Å². The fraction of sp³-hybridized carbons (Fsp3) is 0.627. The number of carboxylic acid groups (broad SMARTS) is 1. The van der Waals surface area contributed by atoms with E-state index in [1.165, 1.54) is 44.9 Å². The molecule has 0 fully saturated rings. The van der Waals surface area contributed by atoms with Crippen LogP contribution in [0.4, 0.5) is 0 Å². The Hall–Kier alpha value is -3.75. The molecule has 2 unspecified atom stereocenters. The van der Waals surface area contributed by atoms with Crippen molar-refractivity contribution >= 4 is 17.9 Å². The highest BCUT2D eigenvalue weighted by molar-refractivity contribution is 5.70. The number of likely N-dealkylation sites (N-methyl/N-ethyl adjacent to an activating group) is 1. The van der Waals surface area contributed by atoms with Crippen LogP contribution in [0.5, 0.6) is 0 Å². The molecule has 0 heterocycles. The predicted octanol–water partition coefficient (Wildman–Crippen LogP) is 11.4. The van der Waals surface area contributed by atoms with E-state index >= 15 is 0 Å². The number of unbranched alkanes of at least 4 members (excludes halogenated alkanes) is 15. The fourth-order valence-electron chi connectivity index (χ4n) is 6.09. The second kappa shape index (κ2) is 41.0. The predicted molar refractivity (Wildman–Crippen MR) is 245 cm³/mol. The number of aliphatic carboxylic acids is 1. The number of esters is 2. The summed E-state index contributed by atoms with van der Waals surface area (Å²) in [5.74, 6) is -1.83. The van der Waals surface area contributed by atoms with Gasteiger partial charge in [-0.15, -0.1) is 0 Å². The van der Waals surface area contributed by atoms with Crippen LogP contribution in [0.25, 0.3) is 0 Å². The average Bonchev–Trinajstić information content (AvgIpc) is 3.19. The van der Waals surface area contributed by atoms with Gasteiger partial charge in [0.15, 0.2) is 6.10 Å². The van der Waals surface area contributed by atoms with Crippen molar-refractivity contribution in [2.75, 3.05) is 41.0 Å². The van der Waals surface area contributed by atoms with Crippen LogP contribution in [0.2, 0.25) is 0 Å². The van der Waals surface area contributed by atoms with Gasteiger partial charge < -0.3 is 28.6 Å². The van der Waals surface area contributed by atoms with Crippen molar-refractivity contribution in [2.24, 2.45) is 0 Å². The molecule has 0 aromatic heterocycles. The van der Waals surface area contributed by atoms with Gasteiger partial charge in [0.2, 0.25) is 0 Å². The number of carboxylic acids is 1. The summed E-state index contributed by atoms with van der Waals surface area (Å²) in [5.41, 5.74) is 0. The van der Waals surface area contributed by atoms with Crippen LogP contribution in [-0.2, 0) is 28.6 Å². The molecule has 0 aromatic rings. The molecule has 0 radical (unpaired) electrons. The molecule has 0 saturated carbocycles. The quantitative estimate of drug-likeness (QED) is 0.0263. The van der Waals surface area contributed by atoms with E-state index in [0.29, 0.717) is 12.8 Å². The molecule has 0 bridgehead atoms. The first kappa shape index (κ1) is 55.2. The largest absolute Gasteiger partial charge is 0.544 e. The van der Waals surface area contributed by atoms with Crippen LogP contribution in [-0.4, -0.2) is 75.5 Å². The number of hydrogen-bond donors (Lipinski definition) is 0. The van der Waals surface area contributed by atoms with E-state index in [0.717, 1.165) is 70.6 Å². The second-order valence-corrected chi connectivity index (χ2v) is 16.1. The molecule has 0 spiro atoms. The summed E-state index contributed by atoms with van der Waals surface area (Å²) in [6.45, 7) is 4.43. The van der Waals surface area contributed by atoms with Crippen molar-refractivity contribution < 1.29 is 38.2 Å². The molecular weight excluding hydrogens is 739 g/mol.